The van der Waals surface area contributed by atoms with Crippen LogP contribution in [-0.4, -0.2) is 55.7 Å². The molecule has 1 fully saturated rings. The van der Waals surface area contributed by atoms with E-state index in [2.05, 4.69) is 0 Å². The van der Waals surface area contributed by atoms with Crippen LogP contribution in [0.25, 0.3) is 0 Å². The van der Waals surface area contributed by atoms with Gasteiger partial charge in [0.05, 0.1) is 0 Å². The van der Waals surface area contributed by atoms with Crippen LogP contribution in [0.3, 0.4) is 0 Å². The zero-order valence-corrected chi connectivity index (χ0v) is 21.0. The molecular formula is C22H28FN3O9P+. The molecule has 0 amide bonds. The number of nitrogens with one attached hydrogen (secondary N) is 1. The van der Waals surface area contributed by atoms with E-state index in [4.69, 9.17) is 18.8 Å². The number of nitrogens with zero attached hydrogens (tertiary/aromatic N) is 2. The van der Waals surface area contributed by atoms with Crippen LogP contribution in [0.2, 0.25) is 0 Å². The molecule has 0 radical (unpaired) electrons. The Bertz CT molecular complexity index is 1200. The Morgan fingerprint density at radius 3 is 2.58 bits per heavy atom. The molecule has 196 valence electrons. The first-order valence-electron chi connectivity index (χ1n) is 11.1. The van der Waals surface area contributed by atoms with Gasteiger partial charge >= 0.3 is 19.8 Å². The summed E-state index contributed by atoms with van der Waals surface area (Å²) in [7, 11) is -2.81. The smallest absolute Gasteiger partial charge is 0.437 e. The highest BCUT2D eigenvalue weighted by molar-refractivity contribution is 7.36. The molecule has 0 bridgehead atoms. The second-order valence-corrected chi connectivity index (χ2v) is 9.65. The number of carbonyl (C=O) groups is 1. The highest BCUT2D eigenvalue weighted by atomic mass is 31.1. The van der Waals surface area contributed by atoms with Crippen molar-refractivity contribution in [3.8, 4) is 5.75 Å². The third kappa shape index (κ3) is 6.05. The number of aromatic nitrogens is 2. The second kappa shape index (κ2) is 11.0. The lowest BCUT2D eigenvalue weighted by molar-refractivity contribution is -0.250. The van der Waals surface area contributed by atoms with Gasteiger partial charge in [0.25, 0.3) is 5.56 Å². The summed E-state index contributed by atoms with van der Waals surface area (Å²) in [6.45, 7) is 4.88. The van der Waals surface area contributed by atoms with E-state index >= 15 is 4.39 Å². The van der Waals surface area contributed by atoms with E-state index in [1.165, 1.54) is 13.8 Å². The number of H-pyrrole nitrogens is 1. The number of aromatic amines is 1. The Labute approximate surface area is 206 Å². The van der Waals surface area contributed by atoms with Crippen LogP contribution in [0.1, 0.15) is 40.3 Å². The van der Waals surface area contributed by atoms with Crippen LogP contribution in [0.5, 0.6) is 5.75 Å². The highest BCUT2D eigenvalue weighted by Crippen LogP contribution is 2.42. The Hall–Kier alpha value is -2.96. The molecule has 36 heavy (non-hydrogen) atoms. The maximum Gasteiger partial charge on any atom is 0.696 e. The molecule has 14 heteroatoms. The summed E-state index contributed by atoms with van der Waals surface area (Å²) in [5.41, 5.74) is -5.68. The Morgan fingerprint density at radius 2 is 1.97 bits per heavy atom. The number of hydroxylamine groups is 1. The SMILES string of the molecule is CCC(=O)OC(C)(C)N(OC[C@H]1O[C@@H](n2ccc(=O)[nH]c2=O)[C@](C)(F)[C@@H]1O)[P+](=O)Oc1ccccc1. The van der Waals surface area contributed by atoms with Crippen molar-refractivity contribution in [3.05, 3.63) is 63.4 Å². The molecule has 2 aromatic rings. The normalized spacial score (nSPS) is 24.5. The molecule has 1 aliphatic heterocycles. The highest BCUT2D eigenvalue weighted by Gasteiger charge is 2.57. The second-order valence-electron chi connectivity index (χ2n) is 8.63. The van der Waals surface area contributed by atoms with Gasteiger partial charge in [-0.3, -0.25) is 19.1 Å². The van der Waals surface area contributed by atoms with Gasteiger partial charge in [0.1, 0.15) is 23.6 Å². The van der Waals surface area contributed by atoms with E-state index < -0.39 is 61.8 Å². The number of para-hydroxylation sites is 1. The zero-order valence-electron chi connectivity index (χ0n) is 20.1. The molecule has 0 saturated carbocycles. The minimum absolute atomic E-state index is 0.0356. The van der Waals surface area contributed by atoms with Crippen molar-refractivity contribution in [3.63, 3.8) is 0 Å². The fraction of sp³-hybridized carbons (Fsp3) is 0.500. The predicted octanol–water partition coefficient (Wildman–Crippen LogP) is 2.18. The summed E-state index contributed by atoms with van der Waals surface area (Å²) in [6.07, 6.45) is -3.64. The number of aliphatic hydroxyl groups excluding tert-OH is 1. The van der Waals surface area contributed by atoms with Crippen LogP contribution >= 0.6 is 8.18 Å². The number of rotatable bonds is 10. The summed E-state index contributed by atoms with van der Waals surface area (Å²) >= 11 is 0. The number of carbonyl (C=O) groups excluding carboxylic acids is 1. The number of hydrogen-bond donors (Lipinski definition) is 2. The largest absolute Gasteiger partial charge is 0.696 e. The summed E-state index contributed by atoms with van der Waals surface area (Å²) in [4.78, 5) is 43.9. The van der Waals surface area contributed by atoms with Gasteiger partial charge in [-0.15, -0.1) is 0 Å². The molecule has 1 aromatic carbocycles. The fourth-order valence-electron chi connectivity index (χ4n) is 3.50. The van der Waals surface area contributed by atoms with Crippen molar-refractivity contribution in [2.24, 2.45) is 0 Å². The average Bonchev–Trinajstić information content (AvgIpc) is 3.03. The zero-order chi connectivity index (χ0) is 26.7. The van der Waals surface area contributed by atoms with Gasteiger partial charge in [-0.05, 0) is 32.9 Å². The number of hydrogen-bond acceptors (Lipinski definition) is 9. The maximum absolute atomic E-state index is 15.5. The number of halogens is 1. The average molecular weight is 528 g/mol. The molecule has 12 nitrogen and oxygen atoms in total. The first-order valence-corrected chi connectivity index (χ1v) is 12.2. The number of benzene rings is 1. The van der Waals surface area contributed by atoms with Crippen LogP contribution in [-0.2, 0) is 23.7 Å². The molecule has 1 aliphatic rings. The molecule has 1 saturated heterocycles. The summed E-state index contributed by atoms with van der Waals surface area (Å²) in [6, 6.07) is 9.18. The van der Waals surface area contributed by atoms with Crippen LogP contribution in [0, 0.1) is 0 Å². The van der Waals surface area contributed by atoms with Crippen molar-refractivity contribution < 1.29 is 37.7 Å². The number of aliphatic hydroxyl groups is 1. The van der Waals surface area contributed by atoms with Gasteiger partial charge in [-0.25, -0.2) is 18.5 Å². The lowest BCUT2D eigenvalue weighted by Crippen LogP contribution is -2.46. The van der Waals surface area contributed by atoms with Crippen LogP contribution in [0.15, 0.2) is 52.2 Å². The number of ether oxygens (including phenoxy) is 2. The monoisotopic (exact) mass is 528 g/mol. The van der Waals surface area contributed by atoms with Crippen LogP contribution in [0.4, 0.5) is 4.39 Å². The molecule has 2 heterocycles. The number of esters is 1. The fourth-order valence-corrected chi connectivity index (χ4v) is 4.48. The topological polar surface area (TPSA) is 149 Å². The van der Waals surface area contributed by atoms with E-state index in [-0.39, 0.29) is 12.2 Å². The van der Waals surface area contributed by atoms with Gasteiger partial charge in [-0.2, -0.15) is 0 Å². The minimum atomic E-state index is -2.81. The summed E-state index contributed by atoms with van der Waals surface area (Å²) < 4.78 is 45.7. The van der Waals surface area contributed by atoms with Gasteiger partial charge in [0.2, 0.25) is 5.72 Å². The molecule has 1 aromatic heterocycles. The molecule has 0 aliphatic carbocycles. The lowest BCUT2D eigenvalue weighted by atomic mass is 9.98. The first-order chi connectivity index (χ1) is 16.9. The minimum Gasteiger partial charge on any atom is -0.437 e. The predicted molar refractivity (Wildman–Crippen MR) is 124 cm³/mol. The number of alkyl halides is 1. The molecule has 1 unspecified atom stereocenters. The molecule has 2 N–H and O–H groups in total. The van der Waals surface area contributed by atoms with E-state index in [1.54, 1.807) is 37.3 Å². The molecule has 5 atom stereocenters. The molecule has 3 rings (SSSR count). The van der Waals surface area contributed by atoms with Crippen molar-refractivity contribution >= 4 is 14.1 Å². The van der Waals surface area contributed by atoms with E-state index in [0.29, 0.717) is 0 Å². The van der Waals surface area contributed by atoms with Gasteiger partial charge < -0.3 is 14.6 Å². The maximum atomic E-state index is 15.5. The van der Waals surface area contributed by atoms with Crippen molar-refractivity contribution in [2.75, 3.05) is 6.61 Å². The van der Waals surface area contributed by atoms with Crippen LogP contribution < -0.4 is 15.8 Å². The van der Waals surface area contributed by atoms with Crippen molar-refractivity contribution in [2.45, 2.75) is 63.9 Å². The van der Waals surface area contributed by atoms with E-state index in [1.807, 2.05) is 4.98 Å². The van der Waals surface area contributed by atoms with E-state index in [9.17, 15) is 24.1 Å². The standard InChI is InChI=1S/C22H27FN3O9P/c1-5-17(28)34-21(2,3)26(36(31)35-14-9-7-6-8-10-14)32-13-15-18(29)22(4,23)19(33-15)25-12-11-16(27)24-20(25)30/h6-12,15,18-19,29H,5,13H2,1-4H3/p+1/t15-,18-,19-,22-/m1/s1. The Kier molecular flexibility index (Phi) is 8.42. The first kappa shape index (κ1) is 27.6. The Morgan fingerprint density at radius 1 is 1.31 bits per heavy atom. The summed E-state index contributed by atoms with van der Waals surface area (Å²) in [5.74, 6) is -0.362. The molecule has 0 spiro atoms. The third-order valence-corrected chi connectivity index (χ3v) is 6.63. The lowest BCUT2D eigenvalue weighted by Gasteiger charge is -2.28. The Balaban J connectivity index is 1.82. The van der Waals surface area contributed by atoms with E-state index in [0.717, 1.165) is 28.6 Å². The molecular weight excluding hydrogens is 500 g/mol. The third-order valence-electron chi connectivity index (χ3n) is 5.37. The van der Waals surface area contributed by atoms with Crippen molar-refractivity contribution in [1.29, 1.82) is 0 Å². The van der Waals surface area contributed by atoms with Gasteiger partial charge in [0, 0.05) is 23.2 Å². The van der Waals surface area contributed by atoms with Crippen molar-refractivity contribution in [1.82, 2.24) is 14.4 Å². The van der Waals surface area contributed by atoms with Gasteiger partial charge in [0.15, 0.2) is 17.6 Å². The summed E-state index contributed by atoms with van der Waals surface area (Å²) in [5, 5.41) is 10.6. The quantitative estimate of drug-likeness (QED) is 0.203. The van der Waals surface area contributed by atoms with Gasteiger partial charge in [-0.1, -0.05) is 25.1 Å².